The summed E-state index contributed by atoms with van der Waals surface area (Å²) in [6.07, 6.45) is 7.40. The minimum absolute atomic E-state index is 0.180. The zero-order chi connectivity index (χ0) is 24.9. The number of nitrogens with zero attached hydrogens (tertiary/aromatic N) is 4. The summed E-state index contributed by atoms with van der Waals surface area (Å²) in [4.78, 5) is 8.34. The first-order chi connectivity index (χ1) is 17.5. The molecule has 36 heavy (non-hydrogen) atoms. The zero-order valence-corrected chi connectivity index (χ0v) is 20.1. The number of hydrogen-bond acceptors (Lipinski definition) is 4. The Morgan fingerprint density at radius 2 is 1.92 bits per heavy atom. The van der Waals surface area contributed by atoms with E-state index in [-0.39, 0.29) is 17.7 Å². The number of rotatable bonds is 6. The smallest absolute Gasteiger partial charge is 0.181 e. The fraction of sp³-hybridized carbons (Fsp3) is 0.296. The predicted octanol–water partition coefficient (Wildman–Crippen LogP) is 5.29. The Bertz CT molecular complexity index is 1530. The standard InChI is InChI=1S/C27H27F2N7/c1-3-4-11-27(17-14-30-36(2)15-17)24-21(20-10-9-19(29)12-22(20)31-24)13-23(33-27)26-32-25(34-35-26)16-5-7-18(28)8-6-16/h5-10,12,14-15,23,31,33H,3-4,11,13H2,1-2H3,(H,32,34,35). The number of benzene rings is 2. The number of aryl methyl sites for hydroxylation is 1. The molecule has 6 rings (SSSR count). The van der Waals surface area contributed by atoms with E-state index in [2.05, 4.69) is 32.5 Å². The molecule has 2 aromatic carbocycles. The lowest BCUT2D eigenvalue weighted by Crippen LogP contribution is -2.50. The molecule has 184 valence electrons. The Hall–Kier alpha value is -3.85. The van der Waals surface area contributed by atoms with Gasteiger partial charge in [-0.3, -0.25) is 15.1 Å². The maximum atomic E-state index is 14.2. The number of H-pyrrole nitrogens is 2. The van der Waals surface area contributed by atoms with Crippen LogP contribution in [0.25, 0.3) is 22.3 Å². The number of unbranched alkanes of at least 4 members (excludes halogenated alkanes) is 1. The SMILES string of the molecule is CCCCC1(c2cnn(C)c2)NC(c2nc(-c3ccc(F)cc3)n[nH]2)Cc2c1[nH]c1cc(F)ccc21. The van der Waals surface area contributed by atoms with Crippen LogP contribution in [0.4, 0.5) is 8.78 Å². The van der Waals surface area contributed by atoms with Crippen molar-refractivity contribution in [3.05, 3.63) is 89.1 Å². The van der Waals surface area contributed by atoms with Crippen LogP contribution >= 0.6 is 0 Å². The number of nitrogens with one attached hydrogen (secondary N) is 3. The highest BCUT2D eigenvalue weighted by molar-refractivity contribution is 5.86. The molecule has 0 aliphatic carbocycles. The van der Waals surface area contributed by atoms with Crippen molar-refractivity contribution < 1.29 is 8.78 Å². The summed E-state index contributed by atoms with van der Waals surface area (Å²) < 4.78 is 29.4. The summed E-state index contributed by atoms with van der Waals surface area (Å²) in [5.41, 5.74) is 4.15. The largest absolute Gasteiger partial charge is 0.356 e. The van der Waals surface area contributed by atoms with Crippen molar-refractivity contribution in [2.24, 2.45) is 7.05 Å². The number of halogens is 2. The molecule has 7 nitrogen and oxygen atoms in total. The third kappa shape index (κ3) is 3.71. The van der Waals surface area contributed by atoms with E-state index in [1.807, 2.05) is 25.5 Å². The van der Waals surface area contributed by atoms with E-state index in [9.17, 15) is 8.78 Å². The first kappa shape index (κ1) is 22.6. The van der Waals surface area contributed by atoms with Gasteiger partial charge in [-0.2, -0.15) is 10.2 Å². The molecule has 1 aliphatic rings. The second kappa shape index (κ2) is 8.67. The van der Waals surface area contributed by atoms with Crippen molar-refractivity contribution in [1.29, 1.82) is 0 Å². The van der Waals surface area contributed by atoms with E-state index in [0.29, 0.717) is 18.1 Å². The molecule has 0 amide bonds. The van der Waals surface area contributed by atoms with Gasteiger partial charge in [-0.25, -0.2) is 13.8 Å². The van der Waals surface area contributed by atoms with Gasteiger partial charge in [0.05, 0.1) is 17.8 Å². The summed E-state index contributed by atoms with van der Waals surface area (Å²) >= 11 is 0. The molecule has 1 aliphatic heterocycles. The van der Waals surface area contributed by atoms with Crippen LogP contribution in [0, 0.1) is 11.6 Å². The lowest BCUT2D eigenvalue weighted by Gasteiger charge is -2.41. The van der Waals surface area contributed by atoms with Gasteiger partial charge in [0.1, 0.15) is 17.5 Å². The summed E-state index contributed by atoms with van der Waals surface area (Å²) in [6.45, 7) is 2.17. The highest BCUT2D eigenvalue weighted by Gasteiger charge is 2.45. The Kier molecular flexibility index (Phi) is 5.44. The molecule has 2 atom stereocenters. The van der Waals surface area contributed by atoms with Crippen molar-refractivity contribution >= 4 is 10.9 Å². The Morgan fingerprint density at radius 3 is 2.67 bits per heavy atom. The number of fused-ring (bicyclic) bond motifs is 3. The highest BCUT2D eigenvalue weighted by atomic mass is 19.1. The average molecular weight is 488 g/mol. The zero-order valence-electron chi connectivity index (χ0n) is 20.1. The molecule has 0 fully saturated rings. The monoisotopic (exact) mass is 487 g/mol. The maximum absolute atomic E-state index is 14.2. The summed E-state index contributed by atoms with van der Waals surface area (Å²) in [5.74, 6) is 0.634. The highest BCUT2D eigenvalue weighted by Crippen LogP contribution is 2.45. The van der Waals surface area contributed by atoms with Crippen LogP contribution in [0.3, 0.4) is 0 Å². The number of hydrogen-bond donors (Lipinski definition) is 3. The van der Waals surface area contributed by atoms with Crippen molar-refractivity contribution in [2.45, 2.75) is 44.2 Å². The van der Waals surface area contributed by atoms with Gasteiger partial charge < -0.3 is 4.98 Å². The van der Waals surface area contributed by atoms with E-state index in [4.69, 9.17) is 4.98 Å². The Morgan fingerprint density at radius 1 is 1.11 bits per heavy atom. The third-order valence-corrected chi connectivity index (χ3v) is 7.16. The number of aromatic amines is 2. The molecule has 2 unspecified atom stereocenters. The summed E-state index contributed by atoms with van der Waals surface area (Å²) in [5, 5.41) is 16.9. The maximum Gasteiger partial charge on any atom is 0.181 e. The first-order valence-corrected chi connectivity index (χ1v) is 12.2. The molecule has 0 bridgehead atoms. The third-order valence-electron chi connectivity index (χ3n) is 7.16. The van der Waals surface area contributed by atoms with Gasteiger partial charge in [0.25, 0.3) is 0 Å². The molecule has 0 radical (unpaired) electrons. The van der Waals surface area contributed by atoms with Gasteiger partial charge >= 0.3 is 0 Å². The van der Waals surface area contributed by atoms with Crippen molar-refractivity contribution in [1.82, 2.24) is 35.3 Å². The Labute approximate surface area is 207 Å². The van der Waals surface area contributed by atoms with E-state index >= 15 is 0 Å². The molecular formula is C27H27F2N7. The molecular weight excluding hydrogens is 460 g/mol. The van der Waals surface area contributed by atoms with Crippen LogP contribution in [0.5, 0.6) is 0 Å². The van der Waals surface area contributed by atoms with E-state index in [1.165, 1.54) is 18.2 Å². The molecule has 3 N–H and O–H groups in total. The van der Waals surface area contributed by atoms with Crippen molar-refractivity contribution in [2.75, 3.05) is 0 Å². The van der Waals surface area contributed by atoms with Gasteiger partial charge in [-0.05, 0) is 60.9 Å². The van der Waals surface area contributed by atoms with Gasteiger partial charge in [-0.1, -0.05) is 19.8 Å². The van der Waals surface area contributed by atoms with E-state index < -0.39 is 5.54 Å². The summed E-state index contributed by atoms with van der Waals surface area (Å²) in [7, 11) is 1.91. The van der Waals surface area contributed by atoms with Crippen LogP contribution in [0.2, 0.25) is 0 Å². The minimum Gasteiger partial charge on any atom is -0.356 e. The molecule has 3 aromatic heterocycles. The van der Waals surface area contributed by atoms with Crippen LogP contribution in [-0.2, 0) is 19.0 Å². The van der Waals surface area contributed by atoms with Crippen LogP contribution < -0.4 is 5.32 Å². The normalized spacial score (nSPS) is 19.6. The van der Waals surface area contributed by atoms with E-state index in [1.54, 1.807) is 22.9 Å². The number of aromatic nitrogens is 6. The Balaban J connectivity index is 1.50. The van der Waals surface area contributed by atoms with Gasteiger partial charge in [0.15, 0.2) is 5.82 Å². The fourth-order valence-electron chi connectivity index (χ4n) is 5.40. The first-order valence-electron chi connectivity index (χ1n) is 12.2. The van der Waals surface area contributed by atoms with Crippen LogP contribution in [-0.4, -0.2) is 29.9 Å². The lowest BCUT2D eigenvalue weighted by atomic mass is 9.76. The van der Waals surface area contributed by atoms with Crippen LogP contribution in [0.1, 0.15) is 54.9 Å². The van der Waals surface area contributed by atoms with E-state index in [0.717, 1.165) is 52.5 Å². The van der Waals surface area contributed by atoms with Gasteiger partial charge in [-0.15, -0.1) is 0 Å². The molecule has 5 aromatic rings. The fourth-order valence-corrected chi connectivity index (χ4v) is 5.40. The molecule has 0 saturated heterocycles. The second-order valence-corrected chi connectivity index (χ2v) is 9.53. The minimum atomic E-state index is -0.569. The van der Waals surface area contributed by atoms with Gasteiger partial charge in [0.2, 0.25) is 0 Å². The van der Waals surface area contributed by atoms with Crippen molar-refractivity contribution in [3.8, 4) is 11.4 Å². The topological polar surface area (TPSA) is 87.2 Å². The lowest BCUT2D eigenvalue weighted by molar-refractivity contribution is 0.279. The van der Waals surface area contributed by atoms with Gasteiger partial charge in [0, 0.05) is 41.0 Å². The summed E-state index contributed by atoms with van der Waals surface area (Å²) in [6, 6.07) is 10.9. The second-order valence-electron chi connectivity index (χ2n) is 9.53. The molecule has 0 saturated carbocycles. The predicted molar refractivity (Wildman–Crippen MR) is 133 cm³/mol. The molecule has 9 heteroatoms. The average Bonchev–Trinajstić information content (AvgIpc) is 3.61. The quantitative estimate of drug-likeness (QED) is 0.304. The van der Waals surface area contributed by atoms with Crippen LogP contribution in [0.15, 0.2) is 54.9 Å². The molecule has 0 spiro atoms. The molecule has 4 heterocycles. The van der Waals surface area contributed by atoms with Crippen molar-refractivity contribution in [3.63, 3.8) is 0 Å².